The van der Waals surface area contributed by atoms with Crippen LogP contribution in [0.3, 0.4) is 0 Å². The highest BCUT2D eigenvalue weighted by atomic mass is 32.1. The van der Waals surface area contributed by atoms with Crippen LogP contribution in [0.5, 0.6) is 0 Å². The maximum atomic E-state index is 11.0. The smallest absolute Gasteiger partial charge is 0.104 e. The summed E-state index contributed by atoms with van der Waals surface area (Å²) in [7, 11) is 0. The zero-order valence-corrected chi connectivity index (χ0v) is 10.4. The first kappa shape index (κ1) is 11.2. The van der Waals surface area contributed by atoms with Gasteiger partial charge in [0.1, 0.15) is 5.60 Å². The van der Waals surface area contributed by atoms with Gasteiger partial charge in [0.25, 0.3) is 0 Å². The standard InChI is InChI=1S/C13H20OS/c1-10(2)13(14,11-6-3-4-7-11)12-8-5-9-15-12/h5,8-11,14H,3-4,6-7H2,1-2H3. The molecule has 84 valence electrons. The zero-order chi connectivity index (χ0) is 10.9. The topological polar surface area (TPSA) is 20.2 Å². The van der Waals surface area contributed by atoms with Crippen molar-refractivity contribution in [3.05, 3.63) is 22.4 Å². The van der Waals surface area contributed by atoms with Crippen LogP contribution in [0, 0.1) is 11.8 Å². The molecular formula is C13H20OS. The Balaban J connectivity index is 2.31. The van der Waals surface area contributed by atoms with Crippen LogP contribution < -0.4 is 0 Å². The van der Waals surface area contributed by atoms with E-state index in [1.165, 1.54) is 25.7 Å². The van der Waals surface area contributed by atoms with Crippen LogP contribution in [0.2, 0.25) is 0 Å². The molecule has 0 saturated heterocycles. The van der Waals surface area contributed by atoms with Crippen LogP contribution in [0.15, 0.2) is 17.5 Å². The fourth-order valence-corrected chi connectivity index (χ4v) is 3.88. The molecule has 0 aliphatic heterocycles. The van der Waals surface area contributed by atoms with E-state index in [-0.39, 0.29) is 0 Å². The van der Waals surface area contributed by atoms with Crippen molar-refractivity contribution < 1.29 is 5.11 Å². The van der Waals surface area contributed by atoms with E-state index in [1.807, 2.05) is 6.07 Å². The molecule has 1 N–H and O–H groups in total. The predicted molar refractivity (Wildman–Crippen MR) is 65.0 cm³/mol. The fourth-order valence-electron chi connectivity index (χ4n) is 2.83. The monoisotopic (exact) mass is 224 g/mol. The minimum Gasteiger partial charge on any atom is -0.384 e. The van der Waals surface area contributed by atoms with Crippen LogP contribution in [-0.2, 0) is 5.60 Å². The molecule has 1 fully saturated rings. The first-order valence-electron chi connectivity index (χ1n) is 5.92. The Morgan fingerprint density at radius 2 is 2.07 bits per heavy atom. The second-order valence-corrected chi connectivity index (χ2v) is 5.89. The Morgan fingerprint density at radius 1 is 1.40 bits per heavy atom. The third-order valence-corrected chi connectivity index (χ3v) is 4.78. The normalized spacial score (nSPS) is 22.1. The molecule has 1 aromatic rings. The third kappa shape index (κ3) is 1.85. The van der Waals surface area contributed by atoms with Crippen molar-refractivity contribution in [2.24, 2.45) is 11.8 Å². The van der Waals surface area contributed by atoms with Crippen LogP contribution in [0.25, 0.3) is 0 Å². The summed E-state index contributed by atoms with van der Waals surface area (Å²) in [6.07, 6.45) is 4.94. The molecule has 15 heavy (non-hydrogen) atoms. The van der Waals surface area contributed by atoms with Gasteiger partial charge in [-0.15, -0.1) is 11.3 Å². The second kappa shape index (κ2) is 4.26. The van der Waals surface area contributed by atoms with Gasteiger partial charge in [0.15, 0.2) is 0 Å². The largest absolute Gasteiger partial charge is 0.384 e. The van der Waals surface area contributed by atoms with Gasteiger partial charge < -0.3 is 5.11 Å². The molecular weight excluding hydrogens is 204 g/mol. The highest BCUT2D eigenvalue weighted by Crippen LogP contribution is 2.46. The van der Waals surface area contributed by atoms with Crippen molar-refractivity contribution in [3.8, 4) is 0 Å². The van der Waals surface area contributed by atoms with E-state index in [1.54, 1.807) is 11.3 Å². The molecule has 1 aromatic heterocycles. The lowest BCUT2D eigenvalue weighted by molar-refractivity contribution is -0.0602. The van der Waals surface area contributed by atoms with E-state index in [9.17, 15) is 5.11 Å². The maximum Gasteiger partial charge on any atom is 0.104 e. The molecule has 0 spiro atoms. The van der Waals surface area contributed by atoms with Crippen molar-refractivity contribution in [3.63, 3.8) is 0 Å². The highest BCUT2D eigenvalue weighted by Gasteiger charge is 2.42. The summed E-state index contributed by atoms with van der Waals surface area (Å²) in [5, 5.41) is 13.0. The summed E-state index contributed by atoms with van der Waals surface area (Å²) in [5.74, 6) is 0.774. The number of thiophene rings is 1. The Kier molecular flexibility index (Phi) is 3.17. The molecule has 2 heteroatoms. The molecule has 1 aliphatic carbocycles. The molecule has 0 aromatic carbocycles. The molecule has 1 unspecified atom stereocenters. The van der Waals surface area contributed by atoms with Crippen LogP contribution in [-0.4, -0.2) is 5.11 Å². The summed E-state index contributed by atoms with van der Waals surface area (Å²) >= 11 is 1.70. The van der Waals surface area contributed by atoms with Crippen molar-refractivity contribution in [1.82, 2.24) is 0 Å². The fraction of sp³-hybridized carbons (Fsp3) is 0.692. The highest BCUT2D eigenvalue weighted by molar-refractivity contribution is 7.10. The van der Waals surface area contributed by atoms with Crippen LogP contribution in [0.4, 0.5) is 0 Å². The Morgan fingerprint density at radius 3 is 2.53 bits per heavy atom. The molecule has 1 atom stereocenters. The second-order valence-electron chi connectivity index (χ2n) is 4.94. The van der Waals surface area contributed by atoms with Gasteiger partial charge in [0, 0.05) is 4.88 Å². The summed E-state index contributed by atoms with van der Waals surface area (Å²) in [6.45, 7) is 4.27. The van der Waals surface area contributed by atoms with Gasteiger partial charge in [0.2, 0.25) is 0 Å². The van der Waals surface area contributed by atoms with Gasteiger partial charge in [0.05, 0.1) is 0 Å². The summed E-state index contributed by atoms with van der Waals surface area (Å²) in [6, 6.07) is 4.13. The number of aliphatic hydroxyl groups is 1. The molecule has 2 rings (SSSR count). The SMILES string of the molecule is CC(C)C(O)(c1cccs1)C1CCCC1. The van der Waals surface area contributed by atoms with Crippen molar-refractivity contribution >= 4 is 11.3 Å². The van der Waals surface area contributed by atoms with Gasteiger partial charge in [-0.2, -0.15) is 0 Å². The van der Waals surface area contributed by atoms with Crippen molar-refractivity contribution in [2.75, 3.05) is 0 Å². The quantitative estimate of drug-likeness (QED) is 0.828. The van der Waals surface area contributed by atoms with Crippen molar-refractivity contribution in [2.45, 2.75) is 45.1 Å². The Labute approximate surface area is 96.1 Å². The van der Waals surface area contributed by atoms with E-state index in [0.29, 0.717) is 11.8 Å². The maximum absolute atomic E-state index is 11.0. The zero-order valence-electron chi connectivity index (χ0n) is 9.57. The van der Waals surface area contributed by atoms with Gasteiger partial charge >= 0.3 is 0 Å². The lowest BCUT2D eigenvalue weighted by Gasteiger charge is -2.37. The average molecular weight is 224 g/mol. The van der Waals surface area contributed by atoms with Gasteiger partial charge in [-0.25, -0.2) is 0 Å². The molecule has 1 nitrogen and oxygen atoms in total. The van der Waals surface area contributed by atoms with E-state index >= 15 is 0 Å². The lowest BCUT2D eigenvalue weighted by Crippen LogP contribution is -2.38. The van der Waals surface area contributed by atoms with Crippen LogP contribution in [0.1, 0.15) is 44.4 Å². The summed E-state index contributed by atoms with van der Waals surface area (Å²) < 4.78 is 0. The van der Waals surface area contributed by atoms with Gasteiger partial charge in [-0.3, -0.25) is 0 Å². The molecule has 1 heterocycles. The minimum absolute atomic E-state index is 0.305. The summed E-state index contributed by atoms with van der Waals surface area (Å²) in [5.41, 5.74) is -0.579. The van der Waals surface area contributed by atoms with E-state index in [0.717, 1.165) is 4.88 Å². The summed E-state index contributed by atoms with van der Waals surface area (Å²) in [4.78, 5) is 1.16. The van der Waals surface area contributed by atoms with Gasteiger partial charge in [-0.05, 0) is 36.1 Å². The molecule has 0 amide bonds. The third-order valence-electron chi connectivity index (χ3n) is 3.77. The van der Waals surface area contributed by atoms with Crippen LogP contribution >= 0.6 is 11.3 Å². The van der Waals surface area contributed by atoms with Gasteiger partial charge in [-0.1, -0.05) is 32.8 Å². The average Bonchev–Trinajstić information content (AvgIpc) is 2.89. The Hall–Kier alpha value is -0.340. The Bertz CT molecular complexity index is 298. The van der Waals surface area contributed by atoms with E-state index < -0.39 is 5.60 Å². The first-order chi connectivity index (χ1) is 7.15. The number of hydrogen-bond donors (Lipinski definition) is 1. The molecule has 0 radical (unpaired) electrons. The van der Waals surface area contributed by atoms with E-state index in [4.69, 9.17) is 0 Å². The number of rotatable bonds is 3. The first-order valence-corrected chi connectivity index (χ1v) is 6.80. The molecule has 1 aliphatic rings. The lowest BCUT2D eigenvalue weighted by atomic mass is 9.76. The van der Waals surface area contributed by atoms with E-state index in [2.05, 4.69) is 25.3 Å². The molecule has 0 bridgehead atoms. The predicted octanol–water partition coefficient (Wildman–Crippen LogP) is 3.78. The minimum atomic E-state index is -0.579. The molecule has 1 saturated carbocycles. The number of hydrogen-bond acceptors (Lipinski definition) is 2. The van der Waals surface area contributed by atoms with Crippen molar-refractivity contribution in [1.29, 1.82) is 0 Å².